The van der Waals surface area contributed by atoms with E-state index in [2.05, 4.69) is 92.4 Å². The van der Waals surface area contributed by atoms with E-state index >= 15 is 0 Å². The number of hydrogen-bond acceptors (Lipinski definition) is 9. The highest BCUT2D eigenvalue weighted by Crippen LogP contribution is 2.23. The van der Waals surface area contributed by atoms with Crippen LogP contribution in [0.3, 0.4) is 0 Å². The number of nitrogens with zero attached hydrogens (tertiary/aromatic N) is 12. The highest BCUT2D eigenvalue weighted by atomic mass is 16.5. The molecule has 0 unspecified atom stereocenters. The first kappa shape index (κ1) is 33.4. The van der Waals surface area contributed by atoms with E-state index in [4.69, 9.17) is 4.74 Å². The van der Waals surface area contributed by atoms with Crippen molar-refractivity contribution in [3.8, 4) is 0 Å². The number of ether oxygens (including phenoxy) is 1. The monoisotopic (exact) mass is 616 g/mol. The van der Waals surface area contributed by atoms with Crippen molar-refractivity contribution >= 4 is 34.6 Å². The van der Waals surface area contributed by atoms with Gasteiger partial charge in [-0.15, -0.1) is 9.36 Å². The van der Waals surface area contributed by atoms with Gasteiger partial charge in [-0.1, -0.05) is 10.2 Å². The first-order valence-electron chi connectivity index (χ1n) is 16.1. The minimum atomic E-state index is 0.649. The van der Waals surface area contributed by atoms with Gasteiger partial charge in [0.2, 0.25) is 12.7 Å². The van der Waals surface area contributed by atoms with Gasteiger partial charge < -0.3 is 14.5 Å². The van der Waals surface area contributed by atoms with Crippen molar-refractivity contribution in [2.75, 3.05) is 49.2 Å². The van der Waals surface area contributed by atoms with Crippen LogP contribution in [0.1, 0.15) is 41.5 Å². The van der Waals surface area contributed by atoms with Gasteiger partial charge in [0.25, 0.3) is 0 Å². The topological polar surface area (TPSA) is 109 Å². The van der Waals surface area contributed by atoms with Gasteiger partial charge in [-0.3, -0.25) is 0 Å². The Morgan fingerprint density at radius 3 is 1.33 bits per heavy atom. The predicted octanol–water partition coefficient (Wildman–Crippen LogP) is 5.93. The molecule has 0 saturated heterocycles. The number of rotatable bonds is 18. The fourth-order valence-electron chi connectivity index (χ4n) is 4.92. The highest BCUT2D eigenvalue weighted by Gasteiger charge is 2.17. The third-order valence-electron chi connectivity index (χ3n) is 7.63. The van der Waals surface area contributed by atoms with Crippen molar-refractivity contribution in [1.29, 1.82) is 0 Å². The number of azo groups is 2. The molecule has 0 atom stereocenters. The molecule has 0 fully saturated rings. The third-order valence-corrected chi connectivity index (χ3v) is 7.63. The number of likely N-dealkylation sites (N-methyl/N-ethyl adjacent to an activating group) is 2. The van der Waals surface area contributed by atoms with Crippen molar-refractivity contribution in [3.05, 3.63) is 61.2 Å². The predicted molar refractivity (Wildman–Crippen MR) is 175 cm³/mol. The van der Waals surface area contributed by atoms with Crippen LogP contribution in [-0.4, -0.2) is 59.0 Å². The summed E-state index contributed by atoms with van der Waals surface area (Å²) in [4.78, 5) is 4.61. The Hall–Kier alpha value is -4.52. The van der Waals surface area contributed by atoms with E-state index in [-0.39, 0.29) is 0 Å². The summed E-state index contributed by atoms with van der Waals surface area (Å²) in [7, 11) is 0. The van der Waals surface area contributed by atoms with Crippen LogP contribution in [0, 0.1) is 0 Å². The maximum atomic E-state index is 6.06. The van der Waals surface area contributed by atoms with E-state index in [1.54, 1.807) is 12.7 Å². The zero-order chi connectivity index (χ0) is 32.0. The number of benzene rings is 2. The van der Waals surface area contributed by atoms with Crippen LogP contribution in [0.5, 0.6) is 0 Å². The van der Waals surface area contributed by atoms with Crippen molar-refractivity contribution in [2.45, 2.75) is 67.7 Å². The van der Waals surface area contributed by atoms with Gasteiger partial charge in [0.1, 0.15) is 0 Å². The number of aromatic nitrogens is 6. The average molecular weight is 617 g/mol. The Kier molecular flexibility index (Phi) is 12.7. The van der Waals surface area contributed by atoms with Crippen LogP contribution in [0.25, 0.3) is 0 Å². The van der Waals surface area contributed by atoms with Crippen molar-refractivity contribution in [3.63, 3.8) is 0 Å². The van der Waals surface area contributed by atoms with Gasteiger partial charge in [0, 0.05) is 47.8 Å². The minimum absolute atomic E-state index is 0.649. The Morgan fingerprint density at radius 1 is 0.600 bits per heavy atom. The van der Waals surface area contributed by atoms with Crippen LogP contribution in [0.4, 0.5) is 34.6 Å². The van der Waals surface area contributed by atoms with Gasteiger partial charge in [0.05, 0.1) is 50.8 Å². The number of hydrogen-bond donors (Lipinski definition) is 0. The summed E-state index contributed by atoms with van der Waals surface area (Å²) in [6, 6.07) is 16.3. The first-order valence-corrected chi connectivity index (χ1v) is 16.1. The van der Waals surface area contributed by atoms with Crippen molar-refractivity contribution in [1.82, 2.24) is 19.6 Å². The lowest BCUT2D eigenvalue weighted by molar-refractivity contribution is -0.681. The zero-order valence-electron chi connectivity index (χ0n) is 27.6. The molecule has 4 aromatic rings. The molecule has 0 bridgehead atoms. The zero-order valence-corrected chi connectivity index (χ0v) is 27.6. The van der Waals surface area contributed by atoms with E-state index in [0.717, 1.165) is 87.0 Å². The molecule has 240 valence electrons. The quantitative estimate of drug-likeness (QED) is 0.0782. The normalized spacial score (nSPS) is 11.7. The van der Waals surface area contributed by atoms with Gasteiger partial charge in [-0.2, -0.15) is 0 Å². The van der Waals surface area contributed by atoms with Crippen molar-refractivity contribution < 1.29 is 13.9 Å². The Morgan fingerprint density at radius 2 is 1.00 bits per heavy atom. The molecule has 2 aromatic carbocycles. The van der Waals surface area contributed by atoms with Crippen LogP contribution >= 0.6 is 0 Å². The highest BCUT2D eigenvalue weighted by molar-refractivity contribution is 5.53. The second-order valence-electron chi connectivity index (χ2n) is 10.3. The molecule has 0 aliphatic heterocycles. The van der Waals surface area contributed by atoms with Crippen LogP contribution in [0.2, 0.25) is 0 Å². The van der Waals surface area contributed by atoms with Crippen LogP contribution in [0.15, 0.2) is 81.6 Å². The molecule has 2 heterocycles. The Balaban J connectivity index is 1.24. The van der Waals surface area contributed by atoms with E-state index in [1.165, 1.54) is 0 Å². The molecule has 4 rings (SSSR count). The fraction of sp³-hybridized carbons (Fsp3) is 0.500. The fourth-order valence-corrected chi connectivity index (χ4v) is 4.92. The van der Waals surface area contributed by atoms with Gasteiger partial charge in [-0.05, 0) is 100 Å². The number of anilines is 2. The summed E-state index contributed by atoms with van der Waals surface area (Å²) in [6.45, 7) is 20.3. The molecular formula is C32H48N12O+2. The summed E-state index contributed by atoms with van der Waals surface area (Å²) in [5, 5.41) is 26.5. The maximum Gasteiger partial charge on any atom is 0.403 e. The molecule has 0 aliphatic rings. The number of aryl methyl sites for hydroxylation is 4. The van der Waals surface area contributed by atoms with Crippen molar-refractivity contribution in [2.24, 2.45) is 20.5 Å². The molecule has 0 spiro atoms. The molecule has 0 aliphatic carbocycles. The molecule has 2 aromatic heterocycles. The van der Waals surface area contributed by atoms with Gasteiger partial charge >= 0.3 is 11.9 Å². The smallest absolute Gasteiger partial charge is 0.378 e. The molecular weight excluding hydrogens is 568 g/mol. The lowest BCUT2D eigenvalue weighted by Crippen LogP contribution is -2.30. The summed E-state index contributed by atoms with van der Waals surface area (Å²) in [6.07, 6.45) is 3.58. The van der Waals surface area contributed by atoms with Gasteiger partial charge in [-0.25, -0.2) is 9.13 Å². The lowest BCUT2D eigenvalue weighted by atomic mass is 10.2. The molecule has 45 heavy (non-hydrogen) atoms. The Labute approximate surface area is 266 Å². The molecule has 0 N–H and O–H groups in total. The van der Waals surface area contributed by atoms with Crippen LogP contribution in [-0.2, 0) is 30.9 Å². The summed E-state index contributed by atoms with van der Waals surface area (Å²) in [5.41, 5.74) is 3.89. The second-order valence-corrected chi connectivity index (χ2v) is 10.3. The molecule has 13 heteroatoms. The van der Waals surface area contributed by atoms with E-state index in [1.807, 2.05) is 56.6 Å². The first-order chi connectivity index (χ1) is 22.0. The largest absolute Gasteiger partial charge is 0.403 e. The molecule has 0 radical (unpaired) electrons. The average Bonchev–Trinajstić information content (AvgIpc) is 3.69. The molecule has 0 amide bonds. The lowest BCUT2D eigenvalue weighted by Gasteiger charge is -2.25. The second kappa shape index (κ2) is 17.1. The summed E-state index contributed by atoms with van der Waals surface area (Å²) >= 11 is 0. The van der Waals surface area contributed by atoms with E-state index < -0.39 is 0 Å². The van der Waals surface area contributed by atoms with Gasteiger partial charge in [0.15, 0.2) is 0 Å². The summed E-state index contributed by atoms with van der Waals surface area (Å²) < 4.78 is 13.7. The maximum absolute atomic E-state index is 6.06. The molecule has 0 saturated carbocycles. The third kappa shape index (κ3) is 8.78. The van der Waals surface area contributed by atoms with E-state index in [9.17, 15) is 0 Å². The standard InChI is InChI=1S/C32H48N12O/c1-7-39(29-17-13-27(14-18-29)35-37-31-41(9-3)25-33-43(31)11-5)21-23-45-24-22-40(8-2)30-19-15-28(16-20-30)36-38-32-42(10-4)26-34-44(32)12-6/h13-20,25-26H,7-12,21-24H2,1-6H3/q+2. The Bertz CT molecular complexity index is 1350. The van der Waals surface area contributed by atoms with Crippen LogP contribution < -0.4 is 18.9 Å². The summed E-state index contributed by atoms with van der Waals surface area (Å²) in [5.74, 6) is 1.50. The SMILES string of the molecule is CCN(CCOCCN(CC)c1ccc(N=Nc2n(CC)nc[n+]2CC)cc1)c1ccc(N=Nc2n(CC)nc[n+]2CC)cc1. The van der Waals surface area contributed by atoms with E-state index in [0.29, 0.717) is 13.2 Å². The molecule has 13 nitrogen and oxygen atoms in total. The minimum Gasteiger partial charge on any atom is -0.378 e.